The molecule has 1 fully saturated rings. The number of aliphatic imine (C=N–C) groups is 1. The molecule has 2 N–H and O–H groups in total. The predicted molar refractivity (Wildman–Crippen MR) is 74.4 cm³/mol. The fraction of sp³-hybridized carbons (Fsp3) is 0.900. The lowest BCUT2D eigenvalue weighted by molar-refractivity contribution is 0.0242. The predicted octanol–water partition coefficient (Wildman–Crippen LogP) is 1.60. The van der Waals surface area contributed by atoms with Crippen molar-refractivity contribution in [2.45, 2.75) is 31.8 Å². The zero-order valence-electron chi connectivity index (χ0n) is 10.1. The van der Waals surface area contributed by atoms with E-state index >= 15 is 0 Å². The molecule has 1 aliphatic heterocycles. The van der Waals surface area contributed by atoms with Gasteiger partial charge < -0.3 is 15.4 Å². The molecule has 0 saturated carbocycles. The molecular weight excluding hydrogens is 343 g/mol. The third-order valence-electron chi connectivity index (χ3n) is 2.58. The van der Waals surface area contributed by atoms with E-state index < -0.39 is 13.0 Å². The van der Waals surface area contributed by atoms with Crippen LogP contribution in [0.2, 0.25) is 0 Å². The van der Waals surface area contributed by atoms with Crippen LogP contribution in [-0.4, -0.2) is 44.7 Å². The number of rotatable bonds is 4. The Morgan fingerprint density at radius 1 is 1.47 bits per heavy atom. The Labute approximate surface area is 118 Å². The maximum Gasteiger partial charge on any atom is 0.255 e. The summed E-state index contributed by atoms with van der Waals surface area (Å²) < 4.78 is 29.5. The van der Waals surface area contributed by atoms with Gasteiger partial charge in [-0.15, -0.1) is 24.0 Å². The molecule has 4 nitrogen and oxygen atoms in total. The number of halogens is 3. The topological polar surface area (TPSA) is 45.7 Å². The fourth-order valence-electron chi connectivity index (χ4n) is 1.64. The summed E-state index contributed by atoms with van der Waals surface area (Å²) in [7, 11) is 1.55. The molecule has 0 amide bonds. The summed E-state index contributed by atoms with van der Waals surface area (Å²) >= 11 is 0. The van der Waals surface area contributed by atoms with Crippen LogP contribution in [0.25, 0.3) is 0 Å². The van der Waals surface area contributed by atoms with Gasteiger partial charge in [0.2, 0.25) is 0 Å². The highest BCUT2D eigenvalue weighted by Crippen LogP contribution is 2.23. The second-order valence-corrected chi connectivity index (χ2v) is 4.10. The highest BCUT2D eigenvalue weighted by molar-refractivity contribution is 14.0. The number of nitrogens with one attached hydrogen (secondary N) is 2. The summed E-state index contributed by atoms with van der Waals surface area (Å²) in [4.78, 5) is 3.86. The van der Waals surface area contributed by atoms with E-state index in [1.165, 1.54) is 0 Å². The van der Waals surface area contributed by atoms with Gasteiger partial charge in [0.05, 0.1) is 12.1 Å². The van der Waals surface area contributed by atoms with Gasteiger partial charge in [0, 0.05) is 20.2 Å². The standard InChI is InChI=1S/C10H19F2N3O.HI/c1-10(4-3-5-16-10)7-15-9(13-2)14-6-8(11)12;/h8H,3-7H2,1-2H3,(H2,13,14,15);1H. The van der Waals surface area contributed by atoms with Crippen LogP contribution in [-0.2, 0) is 4.74 Å². The van der Waals surface area contributed by atoms with Crippen LogP contribution in [0.4, 0.5) is 8.78 Å². The minimum absolute atomic E-state index is 0. The van der Waals surface area contributed by atoms with E-state index in [9.17, 15) is 8.78 Å². The summed E-state index contributed by atoms with van der Waals surface area (Å²) in [5, 5.41) is 5.53. The Morgan fingerprint density at radius 2 is 2.18 bits per heavy atom. The number of hydrogen-bond acceptors (Lipinski definition) is 2. The molecule has 1 saturated heterocycles. The molecule has 1 heterocycles. The van der Waals surface area contributed by atoms with Gasteiger partial charge in [-0.3, -0.25) is 4.99 Å². The van der Waals surface area contributed by atoms with Crippen molar-refractivity contribution in [2.24, 2.45) is 4.99 Å². The maximum absolute atomic E-state index is 12.0. The second kappa shape index (κ2) is 8.02. The van der Waals surface area contributed by atoms with E-state index in [4.69, 9.17) is 4.74 Å². The number of hydrogen-bond donors (Lipinski definition) is 2. The number of guanidine groups is 1. The third-order valence-corrected chi connectivity index (χ3v) is 2.58. The van der Waals surface area contributed by atoms with Gasteiger partial charge in [0.1, 0.15) is 0 Å². The molecule has 0 bridgehead atoms. The highest BCUT2D eigenvalue weighted by Gasteiger charge is 2.29. The van der Waals surface area contributed by atoms with E-state index in [1.54, 1.807) is 7.05 Å². The lowest BCUT2D eigenvalue weighted by Crippen LogP contribution is -2.46. The van der Waals surface area contributed by atoms with E-state index in [-0.39, 0.29) is 29.6 Å². The van der Waals surface area contributed by atoms with Crippen molar-refractivity contribution in [1.82, 2.24) is 10.6 Å². The molecule has 0 aromatic rings. The quantitative estimate of drug-likeness (QED) is 0.453. The number of ether oxygens (including phenoxy) is 1. The van der Waals surface area contributed by atoms with Gasteiger partial charge in [0.25, 0.3) is 6.43 Å². The zero-order valence-corrected chi connectivity index (χ0v) is 12.5. The SMILES string of the molecule is CN=C(NCC(F)F)NCC1(C)CCCO1.I. The first-order valence-electron chi connectivity index (χ1n) is 5.42. The molecule has 0 aromatic heterocycles. The van der Waals surface area contributed by atoms with Crippen molar-refractivity contribution < 1.29 is 13.5 Å². The Kier molecular flexibility index (Phi) is 7.93. The number of nitrogens with zero attached hydrogens (tertiary/aromatic N) is 1. The van der Waals surface area contributed by atoms with Crippen LogP contribution >= 0.6 is 24.0 Å². The van der Waals surface area contributed by atoms with Crippen molar-refractivity contribution in [2.75, 3.05) is 26.7 Å². The monoisotopic (exact) mass is 363 g/mol. The lowest BCUT2D eigenvalue weighted by Gasteiger charge is -2.24. The van der Waals surface area contributed by atoms with Gasteiger partial charge in [-0.1, -0.05) is 0 Å². The van der Waals surface area contributed by atoms with Gasteiger partial charge in [-0.25, -0.2) is 8.78 Å². The van der Waals surface area contributed by atoms with Crippen LogP contribution in [0.3, 0.4) is 0 Å². The maximum atomic E-state index is 12.0. The van der Waals surface area contributed by atoms with E-state index in [1.807, 2.05) is 6.92 Å². The van der Waals surface area contributed by atoms with Crippen LogP contribution in [0.15, 0.2) is 4.99 Å². The first-order valence-corrected chi connectivity index (χ1v) is 5.42. The Balaban J connectivity index is 0.00000256. The van der Waals surface area contributed by atoms with Crippen molar-refractivity contribution in [1.29, 1.82) is 0 Å². The molecule has 1 unspecified atom stereocenters. The molecule has 1 rings (SSSR count). The molecule has 0 radical (unpaired) electrons. The largest absolute Gasteiger partial charge is 0.373 e. The fourth-order valence-corrected chi connectivity index (χ4v) is 1.64. The minimum atomic E-state index is -2.38. The van der Waals surface area contributed by atoms with Crippen LogP contribution in [0.5, 0.6) is 0 Å². The molecule has 0 aliphatic carbocycles. The average molecular weight is 363 g/mol. The second-order valence-electron chi connectivity index (χ2n) is 4.10. The van der Waals surface area contributed by atoms with Crippen LogP contribution in [0, 0.1) is 0 Å². The molecule has 102 valence electrons. The molecule has 17 heavy (non-hydrogen) atoms. The third kappa shape index (κ3) is 6.35. The van der Waals surface area contributed by atoms with E-state index in [0.717, 1.165) is 19.4 Å². The average Bonchev–Trinajstić information content (AvgIpc) is 2.65. The first kappa shape index (κ1) is 16.8. The van der Waals surface area contributed by atoms with E-state index in [2.05, 4.69) is 15.6 Å². The highest BCUT2D eigenvalue weighted by atomic mass is 127. The smallest absolute Gasteiger partial charge is 0.255 e. The van der Waals surface area contributed by atoms with Crippen LogP contribution in [0.1, 0.15) is 19.8 Å². The van der Waals surface area contributed by atoms with Crippen molar-refractivity contribution in [3.05, 3.63) is 0 Å². The van der Waals surface area contributed by atoms with Gasteiger partial charge in [-0.05, 0) is 19.8 Å². The molecular formula is C10H20F2IN3O. The Hall–Kier alpha value is -0.180. The molecule has 1 atom stereocenters. The summed E-state index contributed by atoms with van der Waals surface area (Å²) in [6.07, 6.45) is -0.357. The molecule has 7 heteroatoms. The minimum Gasteiger partial charge on any atom is -0.373 e. The summed E-state index contributed by atoms with van der Waals surface area (Å²) in [6, 6.07) is 0. The van der Waals surface area contributed by atoms with Gasteiger partial charge in [0.15, 0.2) is 5.96 Å². The molecule has 0 aromatic carbocycles. The zero-order chi connectivity index (χ0) is 12.0. The van der Waals surface area contributed by atoms with E-state index in [0.29, 0.717) is 12.5 Å². The normalized spacial score (nSPS) is 24.6. The van der Waals surface area contributed by atoms with Crippen molar-refractivity contribution >= 4 is 29.9 Å². The summed E-state index contributed by atoms with van der Waals surface area (Å²) in [6.45, 7) is 2.96. The van der Waals surface area contributed by atoms with Crippen molar-refractivity contribution in [3.63, 3.8) is 0 Å². The number of alkyl halides is 2. The Bertz CT molecular complexity index is 246. The summed E-state index contributed by atoms with van der Waals surface area (Å²) in [5.41, 5.74) is -0.206. The molecule has 1 aliphatic rings. The van der Waals surface area contributed by atoms with Crippen molar-refractivity contribution in [3.8, 4) is 0 Å². The lowest BCUT2D eigenvalue weighted by atomic mass is 10.0. The molecule has 0 spiro atoms. The van der Waals surface area contributed by atoms with Gasteiger partial charge in [-0.2, -0.15) is 0 Å². The Morgan fingerprint density at radius 3 is 2.65 bits per heavy atom. The first-order chi connectivity index (χ1) is 7.56. The summed E-state index contributed by atoms with van der Waals surface area (Å²) in [5.74, 6) is 0.386. The van der Waals surface area contributed by atoms with Gasteiger partial charge >= 0.3 is 0 Å². The van der Waals surface area contributed by atoms with Crippen LogP contribution < -0.4 is 10.6 Å².